The minimum absolute atomic E-state index is 0.0824. The van der Waals surface area contributed by atoms with Crippen LogP contribution in [-0.2, 0) is 0 Å². The molecule has 7 nitrogen and oxygen atoms in total. The van der Waals surface area contributed by atoms with Gasteiger partial charge in [0.05, 0.1) is 4.92 Å². The van der Waals surface area contributed by atoms with E-state index >= 15 is 0 Å². The van der Waals surface area contributed by atoms with Crippen molar-refractivity contribution < 1.29 is 14.5 Å². The summed E-state index contributed by atoms with van der Waals surface area (Å²) in [6.07, 6.45) is 0.847. The van der Waals surface area contributed by atoms with Crippen LogP contribution in [-0.4, -0.2) is 48.2 Å². The van der Waals surface area contributed by atoms with Crippen LogP contribution < -0.4 is 4.90 Å². The molecule has 1 saturated heterocycles. The van der Waals surface area contributed by atoms with E-state index in [1.807, 2.05) is 26.0 Å². The number of hydrogen-bond acceptors (Lipinski definition) is 5. The normalized spacial score (nSPS) is 14.1. The summed E-state index contributed by atoms with van der Waals surface area (Å²) in [4.78, 5) is 38.1. The second kappa shape index (κ2) is 7.57. The number of hydrogen-bond donors (Lipinski definition) is 0. The van der Waals surface area contributed by atoms with E-state index in [9.17, 15) is 19.7 Å². The molecule has 0 saturated carbocycles. The number of aldehydes is 1. The SMILES string of the molecule is Cc1cc(C=O)cc(C)c1N1CCN(C(=O)c2cccc([N+](=O)[O-])c2)CC1. The van der Waals surface area contributed by atoms with Crippen molar-refractivity contribution in [1.29, 1.82) is 0 Å². The summed E-state index contributed by atoms with van der Waals surface area (Å²) in [5.41, 5.74) is 4.09. The molecule has 1 fully saturated rings. The van der Waals surface area contributed by atoms with E-state index in [4.69, 9.17) is 0 Å². The molecule has 0 bridgehead atoms. The highest BCUT2D eigenvalue weighted by Gasteiger charge is 2.24. The molecule has 0 radical (unpaired) electrons. The van der Waals surface area contributed by atoms with Crippen LogP contribution in [0.3, 0.4) is 0 Å². The van der Waals surface area contributed by atoms with Crippen LogP contribution in [0.1, 0.15) is 31.8 Å². The summed E-state index contributed by atoms with van der Waals surface area (Å²) in [5, 5.41) is 10.9. The maximum atomic E-state index is 12.7. The molecule has 1 heterocycles. The van der Waals surface area contributed by atoms with E-state index in [1.54, 1.807) is 11.0 Å². The molecule has 3 rings (SSSR count). The van der Waals surface area contributed by atoms with Gasteiger partial charge in [-0.25, -0.2) is 0 Å². The van der Waals surface area contributed by atoms with E-state index < -0.39 is 4.92 Å². The molecule has 140 valence electrons. The van der Waals surface area contributed by atoms with Crippen molar-refractivity contribution in [2.45, 2.75) is 13.8 Å². The molecular formula is C20H21N3O4. The lowest BCUT2D eigenvalue weighted by Crippen LogP contribution is -2.49. The molecule has 0 spiro atoms. The Bertz CT molecular complexity index is 879. The number of nitro groups is 1. The molecule has 7 heteroatoms. The van der Waals surface area contributed by atoms with Gasteiger partial charge in [-0.05, 0) is 43.2 Å². The minimum atomic E-state index is -0.497. The molecule has 1 amide bonds. The number of piperazine rings is 1. The summed E-state index contributed by atoms with van der Waals surface area (Å²) >= 11 is 0. The topological polar surface area (TPSA) is 83.8 Å². The van der Waals surface area contributed by atoms with Crippen molar-refractivity contribution >= 4 is 23.6 Å². The molecule has 2 aromatic carbocycles. The van der Waals surface area contributed by atoms with Crippen molar-refractivity contribution in [2.24, 2.45) is 0 Å². The van der Waals surface area contributed by atoms with Gasteiger partial charge in [-0.2, -0.15) is 0 Å². The van der Waals surface area contributed by atoms with Crippen LogP contribution in [0, 0.1) is 24.0 Å². The fraction of sp³-hybridized carbons (Fsp3) is 0.300. The Morgan fingerprint density at radius 1 is 1.07 bits per heavy atom. The van der Waals surface area contributed by atoms with Crippen LogP contribution in [0.4, 0.5) is 11.4 Å². The third-order valence-corrected chi connectivity index (χ3v) is 4.84. The van der Waals surface area contributed by atoms with Crippen LogP contribution in [0.15, 0.2) is 36.4 Å². The average Bonchev–Trinajstić information content (AvgIpc) is 2.67. The molecule has 0 N–H and O–H groups in total. The van der Waals surface area contributed by atoms with Gasteiger partial charge < -0.3 is 9.80 Å². The quantitative estimate of drug-likeness (QED) is 0.471. The largest absolute Gasteiger partial charge is 0.368 e. The van der Waals surface area contributed by atoms with E-state index in [0.29, 0.717) is 37.3 Å². The van der Waals surface area contributed by atoms with Gasteiger partial charge in [0, 0.05) is 55.1 Å². The summed E-state index contributed by atoms with van der Waals surface area (Å²) in [5.74, 6) is -0.192. The number of rotatable bonds is 4. The Morgan fingerprint density at radius 3 is 2.26 bits per heavy atom. The Balaban J connectivity index is 1.72. The van der Waals surface area contributed by atoms with Crippen LogP contribution >= 0.6 is 0 Å². The van der Waals surface area contributed by atoms with Gasteiger partial charge in [-0.3, -0.25) is 19.7 Å². The Hall–Kier alpha value is -3.22. The summed E-state index contributed by atoms with van der Waals surface area (Å²) < 4.78 is 0. The second-order valence-corrected chi connectivity index (χ2v) is 6.71. The number of benzene rings is 2. The average molecular weight is 367 g/mol. The number of non-ortho nitro benzene ring substituents is 1. The first-order chi connectivity index (χ1) is 12.9. The van der Waals surface area contributed by atoms with Crippen molar-refractivity contribution in [2.75, 3.05) is 31.1 Å². The highest BCUT2D eigenvalue weighted by atomic mass is 16.6. The maximum Gasteiger partial charge on any atom is 0.270 e. The fourth-order valence-electron chi connectivity index (χ4n) is 3.62. The molecule has 0 unspecified atom stereocenters. The van der Waals surface area contributed by atoms with Gasteiger partial charge in [-0.15, -0.1) is 0 Å². The van der Waals surface area contributed by atoms with Crippen molar-refractivity contribution in [3.8, 4) is 0 Å². The number of nitro benzene ring substituents is 1. The number of carbonyl (C=O) groups excluding carboxylic acids is 2. The van der Waals surface area contributed by atoms with Gasteiger partial charge in [0.15, 0.2) is 0 Å². The summed E-state index contributed by atoms with van der Waals surface area (Å²) in [6.45, 7) is 6.38. The fourth-order valence-corrected chi connectivity index (χ4v) is 3.62. The van der Waals surface area contributed by atoms with Crippen LogP contribution in [0.5, 0.6) is 0 Å². The van der Waals surface area contributed by atoms with Crippen LogP contribution in [0.2, 0.25) is 0 Å². The molecule has 0 atom stereocenters. The zero-order chi connectivity index (χ0) is 19.6. The van der Waals surface area contributed by atoms with Crippen molar-refractivity contribution in [1.82, 2.24) is 4.90 Å². The number of nitrogens with zero attached hydrogens (tertiary/aromatic N) is 3. The van der Waals surface area contributed by atoms with Gasteiger partial charge in [0.1, 0.15) is 6.29 Å². The Labute approximate surface area is 157 Å². The standard InChI is InChI=1S/C20H21N3O4/c1-14-10-16(13-24)11-15(2)19(14)21-6-8-22(9-7-21)20(25)17-4-3-5-18(12-17)23(26)27/h3-5,10-13H,6-9H2,1-2H3. The van der Waals surface area contributed by atoms with Gasteiger partial charge in [0.2, 0.25) is 0 Å². The number of carbonyl (C=O) groups is 2. The molecule has 0 aromatic heterocycles. The number of amides is 1. The molecule has 27 heavy (non-hydrogen) atoms. The zero-order valence-electron chi connectivity index (χ0n) is 15.3. The number of aryl methyl sites for hydroxylation is 2. The maximum absolute atomic E-state index is 12.7. The zero-order valence-corrected chi connectivity index (χ0v) is 15.3. The lowest BCUT2D eigenvalue weighted by molar-refractivity contribution is -0.384. The first kappa shape index (κ1) is 18.6. The monoisotopic (exact) mass is 367 g/mol. The smallest absolute Gasteiger partial charge is 0.270 e. The second-order valence-electron chi connectivity index (χ2n) is 6.71. The Kier molecular flexibility index (Phi) is 5.21. The van der Waals surface area contributed by atoms with Crippen molar-refractivity contribution in [3.05, 3.63) is 68.8 Å². The third kappa shape index (κ3) is 3.81. The van der Waals surface area contributed by atoms with E-state index in [-0.39, 0.29) is 11.6 Å². The number of anilines is 1. The predicted molar refractivity (Wildman–Crippen MR) is 103 cm³/mol. The summed E-state index contributed by atoms with van der Waals surface area (Å²) in [6, 6.07) is 9.58. The molecule has 0 aliphatic carbocycles. The van der Waals surface area contributed by atoms with E-state index in [2.05, 4.69) is 4.90 Å². The van der Waals surface area contributed by atoms with Gasteiger partial charge in [0.25, 0.3) is 11.6 Å². The molecule has 2 aromatic rings. The predicted octanol–water partition coefficient (Wildman–Crippen LogP) is 2.99. The lowest BCUT2D eigenvalue weighted by atomic mass is 10.0. The first-order valence-electron chi connectivity index (χ1n) is 8.76. The van der Waals surface area contributed by atoms with Crippen molar-refractivity contribution in [3.63, 3.8) is 0 Å². The van der Waals surface area contributed by atoms with E-state index in [1.165, 1.54) is 18.2 Å². The summed E-state index contributed by atoms with van der Waals surface area (Å²) in [7, 11) is 0. The highest BCUT2D eigenvalue weighted by molar-refractivity contribution is 5.95. The molecule has 1 aliphatic rings. The van der Waals surface area contributed by atoms with Gasteiger partial charge in [-0.1, -0.05) is 6.07 Å². The van der Waals surface area contributed by atoms with E-state index in [0.717, 1.165) is 23.1 Å². The minimum Gasteiger partial charge on any atom is -0.368 e. The molecular weight excluding hydrogens is 346 g/mol. The lowest BCUT2D eigenvalue weighted by Gasteiger charge is -2.37. The molecule has 1 aliphatic heterocycles. The highest BCUT2D eigenvalue weighted by Crippen LogP contribution is 2.27. The Morgan fingerprint density at radius 2 is 1.70 bits per heavy atom. The first-order valence-corrected chi connectivity index (χ1v) is 8.76. The third-order valence-electron chi connectivity index (χ3n) is 4.84. The van der Waals surface area contributed by atoms with Crippen LogP contribution in [0.25, 0.3) is 0 Å². The van der Waals surface area contributed by atoms with Gasteiger partial charge >= 0.3 is 0 Å².